The first-order valence-corrected chi connectivity index (χ1v) is 22.9. The Hall–Kier alpha value is -8.92. The summed E-state index contributed by atoms with van der Waals surface area (Å²) in [5.74, 6) is 0. The van der Waals surface area contributed by atoms with E-state index in [0.29, 0.717) is 0 Å². The Bertz CT molecular complexity index is 3950. The number of furan rings is 1. The molecule has 0 bridgehead atoms. The van der Waals surface area contributed by atoms with Crippen LogP contribution in [0.2, 0.25) is 0 Å². The van der Waals surface area contributed by atoms with E-state index in [9.17, 15) is 0 Å². The van der Waals surface area contributed by atoms with Crippen LogP contribution in [0.3, 0.4) is 0 Å². The Morgan fingerprint density at radius 1 is 0.313 bits per heavy atom. The van der Waals surface area contributed by atoms with Crippen molar-refractivity contribution >= 4 is 71.6 Å². The second-order valence-corrected chi connectivity index (χ2v) is 17.3. The van der Waals surface area contributed by atoms with Crippen molar-refractivity contribution in [1.82, 2.24) is 4.57 Å². The van der Waals surface area contributed by atoms with Gasteiger partial charge in [0.15, 0.2) is 0 Å². The van der Waals surface area contributed by atoms with E-state index in [-0.39, 0.29) is 0 Å². The van der Waals surface area contributed by atoms with E-state index in [1.54, 1.807) is 0 Å². The molecule has 3 nitrogen and oxygen atoms in total. The maximum atomic E-state index is 6.50. The van der Waals surface area contributed by atoms with Crippen molar-refractivity contribution in [2.75, 3.05) is 4.90 Å². The van der Waals surface area contributed by atoms with Crippen molar-refractivity contribution < 1.29 is 4.42 Å². The summed E-state index contributed by atoms with van der Waals surface area (Å²) in [4.78, 5) is 2.41. The lowest BCUT2D eigenvalue weighted by atomic mass is 9.95. The predicted molar refractivity (Wildman–Crippen MR) is 282 cm³/mol. The number of fused-ring (bicyclic) bond motifs is 7. The highest BCUT2D eigenvalue weighted by atomic mass is 16.3. The zero-order valence-corrected chi connectivity index (χ0v) is 36.6. The third-order valence-electron chi connectivity index (χ3n) is 13.4. The third kappa shape index (κ3) is 6.59. The molecule has 13 rings (SSSR count). The van der Waals surface area contributed by atoms with E-state index in [0.717, 1.165) is 78.1 Å². The number of nitrogens with zero attached hydrogens (tertiary/aromatic N) is 2. The molecular formula is C64H42N2O. The topological polar surface area (TPSA) is 21.3 Å². The van der Waals surface area contributed by atoms with Gasteiger partial charge in [-0.25, -0.2) is 0 Å². The molecule has 3 heteroatoms. The Morgan fingerprint density at radius 3 is 1.70 bits per heavy atom. The molecule has 2 heterocycles. The van der Waals surface area contributed by atoms with Crippen molar-refractivity contribution in [2.24, 2.45) is 0 Å². The lowest BCUT2D eigenvalue weighted by molar-refractivity contribution is 0.670. The second-order valence-electron chi connectivity index (χ2n) is 17.3. The van der Waals surface area contributed by atoms with Crippen LogP contribution >= 0.6 is 0 Å². The van der Waals surface area contributed by atoms with E-state index in [2.05, 4.69) is 252 Å². The van der Waals surface area contributed by atoms with E-state index < -0.39 is 0 Å². The lowest BCUT2D eigenvalue weighted by Crippen LogP contribution is -2.11. The van der Waals surface area contributed by atoms with Gasteiger partial charge in [-0.05, 0) is 105 Å². The van der Waals surface area contributed by atoms with Gasteiger partial charge in [0.2, 0.25) is 0 Å². The van der Waals surface area contributed by atoms with Crippen LogP contribution in [-0.2, 0) is 0 Å². The minimum absolute atomic E-state index is 0.898. The van der Waals surface area contributed by atoms with Crippen LogP contribution in [0.4, 0.5) is 17.1 Å². The van der Waals surface area contributed by atoms with Crippen molar-refractivity contribution in [3.63, 3.8) is 0 Å². The first-order valence-electron chi connectivity index (χ1n) is 22.9. The molecule has 0 N–H and O–H groups in total. The Balaban J connectivity index is 0.957. The fourth-order valence-electron chi connectivity index (χ4n) is 10.2. The molecule has 11 aromatic carbocycles. The van der Waals surface area contributed by atoms with Gasteiger partial charge in [0.1, 0.15) is 11.2 Å². The number of anilines is 3. The molecule has 0 amide bonds. The number of para-hydroxylation sites is 6. The Kier molecular flexibility index (Phi) is 9.17. The highest BCUT2D eigenvalue weighted by molar-refractivity contribution is 6.11. The van der Waals surface area contributed by atoms with Gasteiger partial charge in [-0.2, -0.15) is 0 Å². The van der Waals surface area contributed by atoms with Crippen LogP contribution in [0.1, 0.15) is 0 Å². The summed E-state index contributed by atoms with van der Waals surface area (Å²) in [6.45, 7) is 0. The molecule has 0 atom stereocenters. The Labute approximate surface area is 388 Å². The minimum atomic E-state index is 0.898. The molecule has 0 aliphatic heterocycles. The fourth-order valence-corrected chi connectivity index (χ4v) is 10.2. The van der Waals surface area contributed by atoms with Gasteiger partial charge in [0.25, 0.3) is 0 Å². The first kappa shape index (κ1) is 38.5. The van der Waals surface area contributed by atoms with Gasteiger partial charge in [-0.15, -0.1) is 0 Å². The van der Waals surface area contributed by atoms with Crippen molar-refractivity contribution in [3.05, 3.63) is 255 Å². The van der Waals surface area contributed by atoms with E-state index in [4.69, 9.17) is 4.42 Å². The zero-order valence-electron chi connectivity index (χ0n) is 36.6. The summed E-state index contributed by atoms with van der Waals surface area (Å²) >= 11 is 0. The summed E-state index contributed by atoms with van der Waals surface area (Å²) in [6, 6.07) is 92.0. The standard InChI is InChI=1S/C64H42N2O/c1-2-17-45-40-47(35-34-43(45)16-1)46-18-14-21-51(42-46)65(50-38-36-44(37-39-50)54-27-15-28-58-57-26-7-12-33-63(57)67-64(54)58)59-29-8-3-22-52(59)48-19-13-20-49(41-48)53-23-4-9-30-60(53)66-61-31-10-5-24-55(61)56-25-6-11-32-62(56)66/h1-42H. The van der Waals surface area contributed by atoms with E-state index in [1.807, 2.05) is 12.1 Å². The molecule has 0 unspecified atom stereocenters. The van der Waals surface area contributed by atoms with E-state index in [1.165, 1.54) is 43.7 Å². The van der Waals surface area contributed by atoms with Gasteiger partial charge < -0.3 is 13.9 Å². The number of hydrogen-bond acceptors (Lipinski definition) is 2. The average Bonchev–Trinajstić information content (AvgIpc) is 3.95. The number of hydrogen-bond donors (Lipinski definition) is 0. The number of aromatic nitrogens is 1. The molecule has 2 aromatic heterocycles. The lowest BCUT2D eigenvalue weighted by Gasteiger charge is -2.28. The Morgan fingerprint density at radius 2 is 0.881 bits per heavy atom. The molecule has 0 fully saturated rings. The van der Waals surface area contributed by atoms with Crippen LogP contribution in [-0.4, -0.2) is 4.57 Å². The van der Waals surface area contributed by atoms with Gasteiger partial charge in [0.05, 0.1) is 22.4 Å². The van der Waals surface area contributed by atoms with Gasteiger partial charge in [-0.3, -0.25) is 0 Å². The van der Waals surface area contributed by atoms with Crippen LogP contribution in [0, 0.1) is 0 Å². The van der Waals surface area contributed by atoms with Crippen LogP contribution in [0.25, 0.3) is 105 Å². The van der Waals surface area contributed by atoms with Crippen LogP contribution in [0.5, 0.6) is 0 Å². The van der Waals surface area contributed by atoms with Crippen molar-refractivity contribution in [3.8, 4) is 50.2 Å². The molecule has 0 saturated heterocycles. The predicted octanol–water partition coefficient (Wildman–Crippen LogP) is 18.0. The smallest absolute Gasteiger partial charge is 0.143 e. The first-order chi connectivity index (χ1) is 33.2. The van der Waals surface area contributed by atoms with E-state index >= 15 is 0 Å². The molecule has 0 saturated carbocycles. The fraction of sp³-hybridized carbons (Fsp3) is 0. The summed E-state index contributed by atoms with van der Waals surface area (Å²) in [6.07, 6.45) is 0. The molecule has 314 valence electrons. The van der Waals surface area contributed by atoms with Crippen LogP contribution in [0.15, 0.2) is 259 Å². The molecule has 0 radical (unpaired) electrons. The second kappa shape index (κ2) is 16.0. The highest BCUT2D eigenvalue weighted by Crippen LogP contribution is 2.45. The molecule has 0 aliphatic carbocycles. The average molecular weight is 855 g/mol. The largest absolute Gasteiger partial charge is 0.455 e. The molecule has 0 aliphatic rings. The quantitative estimate of drug-likeness (QED) is 0.152. The van der Waals surface area contributed by atoms with Gasteiger partial charge >= 0.3 is 0 Å². The number of rotatable bonds is 8. The van der Waals surface area contributed by atoms with Gasteiger partial charge in [0, 0.05) is 49.6 Å². The SMILES string of the molecule is c1cc(-c2ccccc2N(c2ccc(-c3cccc4c3oc3ccccc34)cc2)c2cccc(-c3ccc4ccccc4c3)c2)cc(-c2ccccc2-n2c3ccccc3c3ccccc32)c1. The summed E-state index contributed by atoms with van der Waals surface area (Å²) < 4.78 is 8.92. The molecular weight excluding hydrogens is 813 g/mol. The maximum absolute atomic E-state index is 6.50. The molecule has 67 heavy (non-hydrogen) atoms. The third-order valence-corrected chi connectivity index (χ3v) is 13.4. The molecule has 0 spiro atoms. The van der Waals surface area contributed by atoms with Gasteiger partial charge in [-0.1, -0.05) is 188 Å². The normalized spacial score (nSPS) is 11.6. The zero-order chi connectivity index (χ0) is 44.3. The minimum Gasteiger partial charge on any atom is -0.455 e. The highest BCUT2D eigenvalue weighted by Gasteiger charge is 2.21. The maximum Gasteiger partial charge on any atom is 0.143 e. The summed E-state index contributed by atoms with van der Waals surface area (Å²) in [5, 5.41) is 7.21. The summed E-state index contributed by atoms with van der Waals surface area (Å²) in [5.41, 5.74) is 17.6. The van der Waals surface area contributed by atoms with Crippen molar-refractivity contribution in [1.29, 1.82) is 0 Å². The van der Waals surface area contributed by atoms with Crippen LogP contribution < -0.4 is 4.90 Å². The number of benzene rings is 11. The van der Waals surface area contributed by atoms with Crippen molar-refractivity contribution in [2.45, 2.75) is 0 Å². The molecule has 13 aromatic rings. The monoisotopic (exact) mass is 854 g/mol. The summed E-state index contributed by atoms with van der Waals surface area (Å²) in [7, 11) is 0.